The van der Waals surface area contributed by atoms with E-state index in [1.165, 1.54) is 37.2 Å². The van der Waals surface area contributed by atoms with Gasteiger partial charge in [0, 0.05) is 24.8 Å². The van der Waals surface area contributed by atoms with Crippen LogP contribution in [0.3, 0.4) is 0 Å². The first kappa shape index (κ1) is 10.2. The van der Waals surface area contributed by atoms with Crippen LogP contribution in [0.1, 0.15) is 25.3 Å². The highest BCUT2D eigenvalue weighted by atomic mass is 15.4. The monoisotopic (exact) mass is 216 g/mol. The van der Waals surface area contributed by atoms with Crippen LogP contribution >= 0.6 is 0 Å². The Kier molecular flexibility index (Phi) is 2.40. The molecule has 3 unspecified atom stereocenters. The van der Waals surface area contributed by atoms with Crippen molar-refractivity contribution in [3.05, 3.63) is 29.8 Å². The smallest absolute Gasteiger partial charge is 0.0796 e. The highest BCUT2D eigenvalue weighted by molar-refractivity contribution is 5.55. The van der Waals surface area contributed by atoms with Crippen molar-refractivity contribution in [3.63, 3.8) is 0 Å². The van der Waals surface area contributed by atoms with Crippen LogP contribution in [0, 0.1) is 6.92 Å². The minimum Gasteiger partial charge on any atom is -0.352 e. The molecule has 1 aromatic rings. The van der Waals surface area contributed by atoms with E-state index in [2.05, 4.69) is 47.9 Å². The van der Waals surface area contributed by atoms with Crippen molar-refractivity contribution in [1.82, 2.24) is 4.90 Å². The molecule has 2 heterocycles. The molecular formula is C14H20N2. The van der Waals surface area contributed by atoms with E-state index in [4.69, 9.17) is 0 Å². The van der Waals surface area contributed by atoms with Gasteiger partial charge in [-0.1, -0.05) is 18.2 Å². The average molecular weight is 216 g/mol. The molecule has 16 heavy (non-hydrogen) atoms. The molecule has 3 atom stereocenters. The molecule has 2 fully saturated rings. The van der Waals surface area contributed by atoms with Gasteiger partial charge in [-0.05, 0) is 38.3 Å². The number of anilines is 1. The summed E-state index contributed by atoms with van der Waals surface area (Å²) in [7, 11) is 0. The molecular weight excluding hydrogens is 196 g/mol. The zero-order valence-corrected chi connectivity index (χ0v) is 10.2. The molecule has 0 aliphatic carbocycles. The molecule has 3 rings (SSSR count). The van der Waals surface area contributed by atoms with E-state index >= 15 is 0 Å². The molecule has 2 aliphatic heterocycles. The Hall–Kier alpha value is -1.02. The third kappa shape index (κ3) is 1.44. The molecule has 0 aromatic heterocycles. The minimum absolute atomic E-state index is 0.577. The highest BCUT2D eigenvalue weighted by Gasteiger charge is 2.39. The summed E-state index contributed by atoms with van der Waals surface area (Å²) in [5.41, 5.74) is 2.84. The van der Waals surface area contributed by atoms with Gasteiger partial charge in [0.2, 0.25) is 0 Å². The third-order valence-electron chi connectivity index (χ3n) is 4.15. The van der Waals surface area contributed by atoms with Crippen LogP contribution in [0.5, 0.6) is 0 Å². The number of benzene rings is 1. The largest absolute Gasteiger partial charge is 0.352 e. The first-order valence-corrected chi connectivity index (χ1v) is 6.35. The van der Waals surface area contributed by atoms with Crippen molar-refractivity contribution < 1.29 is 0 Å². The number of fused-ring (bicyclic) bond motifs is 2. The second kappa shape index (κ2) is 3.77. The Morgan fingerprint density at radius 2 is 2.06 bits per heavy atom. The first-order chi connectivity index (χ1) is 7.77. The first-order valence-electron chi connectivity index (χ1n) is 6.35. The number of para-hydroxylation sites is 1. The zero-order valence-electron chi connectivity index (χ0n) is 10.2. The molecule has 0 N–H and O–H groups in total. The summed E-state index contributed by atoms with van der Waals surface area (Å²) in [5, 5.41) is 0. The fourth-order valence-corrected chi connectivity index (χ4v) is 3.28. The van der Waals surface area contributed by atoms with Crippen molar-refractivity contribution >= 4 is 5.69 Å². The predicted molar refractivity (Wildman–Crippen MR) is 67.7 cm³/mol. The molecule has 1 aromatic carbocycles. The molecule has 2 bridgehead atoms. The number of hydrogen-bond acceptors (Lipinski definition) is 2. The van der Waals surface area contributed by atoms with E-state index in [9.17, 15) is 0 Å². The number of rotatable bonds is 1. The highest BCUT2D eigenvalue weighted by Crippen LogP contribution is 2.34. The second-order valence-electron chi connectivity index (χ2n) is 5.12. The van der Waals surface area contributed by atoms with Crippen molar-refractivity contribution in [2.75, 3.05) is 18.0 Å². The second-order valence-corrected chi connectivity index (χ2v) is 5.12. The van der Waals surface area contributed by atoms with Gasteiger partial charge in [-0.15, -0.1) is 0 Å². The van der Waals surface area contributed by atoms with Crippen LogP contribution < -0.4 is 4.90 Å². The van der Waals surface area contributed by atoms with Crippen LogP contribution in [0.25, 0.3) is 0 Å². The lowest BCUT2D eigenvalue weighted by molar-refractivity contribution is 0.244. The van der Waals surface area contributed by atoms with E-state index in [0.29, 0.717) is 6.17 Å². The standard InChI is InChI=1S/C14H20N2/c1-11-6-3-4-8-14(11)16-12(2)15-9-5-7-13(16)10-15/h3-4,6,8,12-13H,5,7,9-10H2,1-2H3. The van der Waals surface area contributed by atoms with Gasteiger partial charge in [0.05, 0.1) is 6.17 Å². The molecule has 2 heteroatoms. The maximum absolute atomic E-state index is 2.63. The van der Waals surface area contributed by atoms with E-state index < -0.39 is 0 Å². The van der Waals surface area contributed by atoms with Crippen LogP contribution in [-0.2, 0) is 0 Å². The lowest BCUT2D eigenvalue weighted by Crippen LogP contribution is -2.36. The summed E-state index contributed by atoms with van der Waals surface area (Å²) >= 11 is 0. The molecule has 0 saturated carbocycles. The van der Waals surface area contributed by atoms with Gasteiger partial charge < -0.3 is 4.90 Å². The van der Waals surface area contributed by atoms with E-state index in [1.807, 2.05) is 0 Å². The van der Waals surface area contributed by atoms with Gasteiger partial charge in [-0.2, -0.15) is 0 Å². The maximum atomic E-state index is 2.63. The number of piperidine rings is 1. The van der Waals surface area contributed by atoms with Crippen LogP contribution in [0.15, 0.2) is 24.3 Å². The number of nitrogens with zero attached hydrogens (tertiary/aromatic N) is 2. The summed E-state index contributed by atoms with van der Waals surface area (Å²) in [6.07, 6.45) is 3.29. The lowest BCUT2D eigenvalue weighted by atomic mass is 10.1. The summed E-state index contributed by atoms with van der Waals surface area (Å²) in [6.45, 7) is 7.10. The molecule has 2 aliphatic rings. The van der Waals surface area contributed by atoms with Crippen molar-refractivity contribution in [3.8, 4) is 0 Å². The Balaban J connectivity index is 1.98. The predicted octanol–water partition coefficient (Wildman–Crippen LogP) is 2.63. The Labute approximate surface area is 97.9 Å². The average Bonchev–Trinajstić information content (AvgIpc) is 2.52. The van der Waals surface area contributed by atoms with Crippen LogP contribution in [0.2, 0.25) is 0 Å². The topological polar surface area (TPSA) is 6.48 Å². The Bertz CT molecular complexity index is 386. The summed E-state index contributed by atoms with van der Waals surface area (Å²) in [5.74, 6) is 0. The molecule has 0 amide bonds. The SMILES string of the molecule is Cc1ccccc1N1C2CCCN(C2)C1C. The summed E-state index contributed by atoms with van der Waals surface area (Å²) in [4.78, 5) is 5.24. The fraction of sp³-hybridized carbons (Fsp3) is 0.571. The van der Waals surface area contributed by atoms with Crippen LogP contribution in [0.4, 0.5) is 5.69 Å². The Morgan fingerprint density at radius 1 is 1.25 bits per heavy atom. The molecule has 2 saturated heterocycles. The summed E-state index contributed by atoms with van der Waals surface area (Å²) in [6, 6.07) is 9.52. The van der Waals surface area contributed by atoms with Crippen LogP contribution in [-0.4, -0.2) is 30.2 Å². The van der Waals surface area contributed by atoms with Crippen molar-refractivity contribution in [2.45, 2.75) is 38.9 Å². The van der Waals surface area contributed by atoms with Gasteiger partial charge in [0.25, 0.3) is 0 Å². The third-order valence-corrected chi connectivity index (χ3v) is 4.15. The van der Waals surface area contributed by atoms with Crippen molar-refractivity contribution in [1.29, 1.82) is 0 Å². The van der Waals surface area contributed by atoms with E-state index in [0.717, 1.165) is 6.04 Å². The van der Waals surface area contributed by atoms with E-state index in [-0.39, 0.29) is 0 Å². The molecule has 2 nitrogen and oxygen atoms in total. The lowest BCUT2D eigenvalue weighted by Gasteiger charge is -2.30. The summed E-state index contributed by atoms with van der Waals surface area (Å²) < 4.78 is 0. The van der Waals surface area contributed by atoms with E-state index in [1.54, 1.807) is 0 Å². The van der Waals surface area contributed by atoms with Gasteiger partial charge in [-0.3, -0.25) is 4.90 Å². The van der Waals surface area contributed by atoms with Gasteiger partial charge in [-0.25, -0.2) is 0 Å². The Morgan fingerprint density at radius 3 is 2.81 bits per heavy atom. The molecule has 0 spiro atoms. The minimum atomic E-state index is 0.577. The van der Waals surface area contributed by atoms with Gasteiger partial charge >= 0.3 is 0 Å². The van der Waals surface area contributed by atoms with Gasteiger partial charge in [0.15, 0.2) is 0 Å². The quantitative estimate of drug-likeness (QED) is 0.712. The number of hydrogen-bond donors (Lipinski definition) is 0. The van der Waals surface area contributed by atoms with Crippen molar-refractivity contribution in [2.24, 2.45) is 0 Å². The maximum Gasteiger partial charge on any atom is 0.0796 e. The molecule has 0 radical (unpaired) electrons. The fourth-order valence-electron chi connectivity index (χ4n) is 3.28. The zero-order chi connectivity index (χ0) is 11.1. The van der Waals surface area contributed by atoms with Gasteiger partial charge in [0.1, 0.15) is 0 Å². The number of aryl methyl sites for hydroxylation is 1. The normalized spacial score (nSPS) is 33.1. The molecule has 86 valence electrons.